The first kappa shape index (κ1) is 10.9. The van der Waals surface area contributed by atoms with E-state index in [1.807, 2.05) is 13.8 Å². The number of rotatable bonds is 6. The van der Waals surface area contributed by atoms with Gasteiger partial charge in [0.05, 0.1) is 12.7 Å². The van der Waals surface area contributed by atoms with E-state index in [2.05, 4.69) is 4.89 Å². The highest BCUT2D eigenvalue weighted by Gasteiger charge is 2.35. The molecule has 2 atom stereocenters. The van der Waals surface area contributed by atoms with Crippen LogP contribution in [0.25, 0.3) is 0 Å². The molecule has 4 heteroatoms. The quantitative estimate of drug-likeness (QED) is 0.589. The average molecular weight is 190 g/mol. The van der Waals surface area contributed by atoms with E-state index >= 15 is 0 Å². The van der Waals surface area contributed by atoms with E-state index in [9.17, 15) is 0 Å². The molecule has 0 radical (unpaired) electrons. The SMILES string of the molecule is COCC(C)OCCC1(C)COO1. The molecule has 4 nitrogen and oxygen atoms in total. The van der Waals surface area contributed by atoms with Gasteiger partial charge in [-0.3, -0.25) is 0 Å². The Morgan fingerprint density at radius 2 is 2.23 bits per heavy atom. The van der Waals surface area contributed by atoms with Crippen molar-refractivity contribution in [1.29, 1.82) is 0 Å². The van der Waals surface area contributed by atoms with Crippen LogP contribution < -0.4 is 0 Å². The molecule has 0 spiro atoms. The fraction of sp³-hybridized carbons (Fsp3) is 1.00. The summed E-state index contributed by atoms with van der Waals surface area (Å²) in [5, 5.41) is 0. The lowest BCUT2D eigenvalue weighted by atomic mass is 10.0. The van der Waals surface area contributed by atoms with Crippen molar-refractivity contribution in [2.45, 2.75) is 32.0 Å². The Bertz CT molecular complexity index is 145. The molecule has 0 saturated carbocycles. The van der Waals surface area contributed by atoms with E-state index in [0.29, 0.717) is 19.8 Å². The van der Waals surface area contributed by atoms with Gasteiger partial charge >= 0.3 is 0 Å². The first-order valence-electron chi connectivity index (χ1n) is 4.57. The maximum absolute atomic E-state index is 5.49. The summed E-state index contributed by atoms with van der Waals surface area (Å²) in [5.41, 5.74) is -0.132. The molecule has 1 rings (SSSR count). The zero-order chi connectivity index (χ0) is 9.73. The van der Waals surface area contributed by atoms with E-state index < -0.39 is 0 Å². The van der Waals surface area contributed by atoms with E-state index in [4.69, 9.17) is 14.4 Å². The van der Waals surface area contributed by atoms with Crippen LogP contribution in [0, 0.1) is 0 Å². The molecule has 0 N–H and O–H groups in total. The van der Waals surface area contributed by atoms with Gasteiger partial charge in [0.2, 0.25) is 0 Å². The van der Waals surface area contributed by atoms with Crippen molar-refractivity contribution in [3.8, 4) is 0 Å². The molecule has 1 fully saturated rings. The fourth-order valence-corrected chi connectivity index (χ4v) is 1.13. The molecule has 1 saturated heterocycles. The van der Waals surface area contributed by atoms with Crippen molar-refractivity contribution in [2.24, 2.45) is 0 Å². The average Bonchev–Trinajstić information content (AvgIpc) is 2.02. The normalized spacial score (nSPS) is 29.8. The van der Waals surface area contributed by atoms with Gasteiger partial charge in [0.1, 0.15) is 12.2 Å². The summed E-state index contributed by atoms with van der Waals surface area (Å²) in [6, 6.07) is 0. The molecule has 0 aromatic heterocycles. The number of hydrogen-bond donors (Lipinski definition) is 0. The van der Waals surface area contributed by atoms with Gasteiger partial charge in [-0.05, 0) is 13.8 Å². The Morgan fingerprint density at radius 3 is 2.69 bits per heavy atom. The van der Waals surface area contributed by atoms with Gasteiger partial charge in [0.25, 0.3) is 0 Å². The second-order valence-electron chi connectivity index (χ2n) is 3.68. The summed E-state index contributed by atoms with van der Waals surface area (Å²) in [6.45, 7) is 5.98. The first-order chi connectivity index (χ1) is 6.16. The zero-order valence-electron chi connectivity index (χ0n) is 8.54. The van der Waals surface area contributed by atoms with Crippen molar-refractivity contribution < 1.29 is 19.2 Å². The lowest BCUT2D eigenvalue weighted by molar-refractivity contribution is -0.468. The maximum Gasteiger partial charge on any atom is 0.129 e. The van der Waals surface area contributed by atoms with Crippen LogP contribution in [0.3, 0.4) is 0 Å². The lowest BCUT2D eigenvalue weighted by Gasteiger charge is -2.36. The summed E-state index contributed by atoms with van der Waals surface area (Å²) in [4.78, 5) is 9.61. The van der Waals surface area contributed by atoms with Crippen LogP contribution in [-0.2, 0) is 19.2 Å². The predicted octanol–water partition coefficient (Wildman–Crippen LogP) is 1.15. The van der Waals surface area contributed by atoms with Gasteiger partial charge in [-0.15, -0.1) is 0 Å². The summed E-state index contributed by atoms with van der Waals surface area (Å²) in [5.74, 6) is 0. The molecule has 0 bridgehead atoms. The van der Waals surface area contributed by atoms with Crippen molar-refractivity contribution in [3.05, 3.63) is 0 Å². The maximum atomic E-state index is 5.49. The van der Waals surface area contributed by atoms with Gasteiger partial charge in [0.15, 0.2) is 0 Å². The largest absolute Gasteiger partial charge is 0.382 e. The molecular formula is C9H18O4. The highest BCUT2D eigenvalue weighted by molar-refractivity contribution is 4.76. The molecule has 0 aromatic carbocycles. The molecule has 0 aliphatic carbocycles. The Balaban J connectivity index is 1.99. The zero-order valence-corrected chi connectivity index (χ0v) is 8.54. The summed E-state index contributed by atoms with van der Waals surface area (Å²) in [7, 11) is 1.67. The van der Waals surface area contributed by atoms with Crippen LogP contribution in [0.15, 0.2) is 0 Å². The van der Waals surface area contributed by atoms with Crippen LogP contribution >= 0.6 is 0 Å². The smallest absolute Gasteiger partial charge is 0.129 e. The van der Waals surface area contributed by atoms with Crippen LogP contribution in [0.1, 0.15) is 20.3 Å². The van der Waals surface area contributed by atoms with Crippen molar-refractivity contribution in [2.75, 3.05) is 26.9 Å². The number of hydrogen-bond acceptors (Lipinski definition) is 4. The van der Waals surface area contributed by atoms with Gasteiger partial charge in [-0.1, -0.05) is 0 Å². The summed E-state index contributed by atoms with van der Waals surface area (Å²) in [6.07, 6.45) is 1.01. The topological polar surface area (TPSA) is 36.9 Å². The van der Waals surface area contributed by atoms with Crippen LogP contribution in [0.2, 0.25) is 0 Å². The number of ether oxygens (including phenoxy) is 2. The van der Waals surface area contributed by atoms with Gasteiger partial charge < -0.3 is 9.47 Å². The van der Waals surface area contributed by atoms with Gasteiger partial charge in [0, 0.05) is 20.1 Å². The minimum Gasteiger partial charge on any atom is -0.382 e. The molecule has 1 aliphatic heterocycles. The minimum absolute atomic E-state index is 0.132. The van der Waals surface area contributed by atoms with Crippen LogP contribution in [0.4, 0.5) is 0 Å². The standard InChI is InChI=1S/C9H18O4/c1-8(6-10-3)11-5-4-9(2)7-12-13-9/h8H,4-7H2,1-3H3. The van der Waals surface area contributed by atoms with Crippen molar-refractivity contribution in [1.82, 2.24) is 0 Å². The second-order valence-corrected chi connectivity index (χ2v) is 3.68. The minimum atomic E-state index is -0.132. The van der Waals surface area contributed by atoms with E-state index in [1.54, 1.807) is 7.11 Å². The fourth-order valence-electron chi connectivity index (χ4n) is 1.13. The molecule has 13 heavy (non-hydrogen) atoms. The van der Waals surface area contributed by atoms with Crippen molar-refractivity contribution in [3.63, 3.8) is 0 Å². The third kappa shape index (κ3) is 3.60. The molecule has 1 aliphatic rings. The predicted molar refractivity (Wildman–Crippen MR) is 47.3 cm³/mol. The Labute approximate surface area is 79.0 Å². The van der Waals surface area contributed by atoms with E-state index in [-0.39, 0.29) is 11.7 Å². The third-order valence-electron chi connectivity index (χ3n) is 2.06. The van der Waals surface area contributed by atoms with Crippen molar-refractivity contribution >= 4 is 0 Å². The second kappa shape index (κ2) is 4.91. The molecular weight excluding hydrogens is 172 g/mol. The lowest BCUT2D eigenvalue weighted by Crippen LogP contribution is -2.45. The highest BCUT2D eigenvalue weighted by Crippen LogP contribution is 2.25. The summed E-state index contributed by atoms with van der Waals surface area (Å²) >= 11 is 0. The molecule has 0 amide bonds. The van der Waals surface area contributed by atoms with Crippen LogP contribution in [0.5, 0.6) is 0 Å². The Hall–Kier alpha value is -0.160. The van der Waals surface area contributed by atoms with Gasteiger partial charge in [-0.2, -0.15) is 0 Å². The molecule has 1 heterocycles. The number of methoxy groups -OCH3 is 1. The first-order valence-corrected chi connectivity index (χ1v) is 4.57. The van der Waals surface area contributed by atoms with E-state index in [0.717, 1.165) is 6.42 Å². The van der Waals surface area contributed by atoms with E-state index in [1.165, 1.54) is 0 Å². The molecule has 78 valence electrons. The third-order valence-corrected chi connectivity index (χ3v) is 2.06. The Kier molecular flexibility index (Phi) is 4.12. The monoisotopic (exact) mass is 190 g/mol. The van der Waals surface area contributed by atoms with Gasteiger partial charge in [-0.25, -0.2) is 9.78 Å². The molecule has 0 aromatic rings. The molecule has 2 unspecified atom stereocenters. The van der Waals surface area contributed by atoms with Crippen LogP contribution in [-0.4, -0.2) is 38.6 Å². The highest BCUT2D eigenvalue weighted by atomic mass is 17.2. The Morgan fingerprint density at radius 1 is 1.54 bits per heavy atom. The summed E-state index contributed by atoms with van der Waals surface area (Å²) < 4.78 is 10.4.